The number of carbonyl (C=O) groups excluding carboxylic acids is 1. The second-order valence-electron chi connectivity index (χ2n) is 8.40. The quantitative estimate of drug-likeness (QED) is 0.394. The number of benzene rings is 3. The number of carbonyl (C=O) groups is 1. The molecule has 0 spiro atoms. The van der Waals surface area contributed by atoms with Crippen molar-refractivity contribution < 1.29 is 9.53 Å². The van der Waals surface area contributed by atoms with Gasteiger partial charge in [0.2, 0.25) is 0 Å². The van der Waals surface area contributed by atoms with E-state index < -0.39 is 0 Å². The van der Waals surface area contributed by atoms with Crippen molar-refractivity contribution in [2.24, 2.45) is 5.92 Å². The largest absolute Gasteiger partial charge is 0.497 e. The summed E-state index contributed by atoms with van der Waals surface area (Å²) in [6.45, 7) is 4.88. The SMILES string of the molecule is COc1ccc(CNC(=O)c2cc(-c3ccc(CC(C)C)cc3)nc3ccccc23)cc1. The molecule has 0 aliphatic heterocycles. The number of para-hydroxylation sites is 1. The van der Waals surface area contributed by atoms with Gasteiger partial charge in [0.25, 0.3) is 5.91 Å². The third kappa shape index (κ3) is 4.97. The molecule has 0 aliphatic carbocycles. The van der Waals surface area contributed by atoms with Crippen molar-refractivity contribution in [2.45, 2.75) is 26.8 Å². The molecule has 162 valence electrons. The van der Waals surface area contributed by atoms with E-state index in [0.29, 0.717) is 18.0 Å². The first-order valence-corrected chi connectivity index (χ1v) is 10.9. The summed E-state index contributed by atoms with van der Waals surface area (Å²) in [5.41, 5.74) is 5.57. The maximum absolute atomic E-state index is 13.2. The lowest BCUT2D eigenvalue weighted by molar-refractivity contribution is 0.0952. The van der Waals surface area contributed by atoms with Crippen LogP contribution in [0, 0.1) is 5.92 Å². The van der Waals surface area contributed by atoms with Gasteiger partial charge in [-0.25, -0.2) is 4.98 Å². The predicted molar refractivity (Wildman–Crippen MR) is 130 cm³/mol. The molecule has 0 saturated carbocycles. The molecular weight excluding hydrogens is 396 g/mol. The van der Waals surface area contributed by atoms with E-state index >= 15 is 0 Å². The molecule has 4 nitrogen and oxygen atoms in total. The minimum absolute atomic E-state index is 0.114. The molecule has 1 heterocycles. The maximum atomic E-state index is 13.2. The smallest absolute Gasteiger partial charge is 0.252 e. The van der Waals surface area contributed by atoms with Gasteiger partial charge in [0.15, 0.2) is 0 Å². The molecule has 0 fully saturated rings. The Bertz CT molecular complexity index is 1210. The van der Waals surface area contributed by atoms with E-state index in [0.717, 1.165) is 39.9 Å². The van der Waals surface area contributed by atoms with Crippen LogP contribution in [-0.4, -0.2) is 18.0 Å². The number of methoxy groups -OCH3 is 1. The molecule has 4 aromatic rings. The first-order chi connectivity index (χ1) is 15.5. The molecule has 0 aliphatic rings. The molecule has 0 atom stereocenters. The van der Waals surface area contributed by atoms with Crippen molar-refractivity contribution in [3.8, 4) is 17.0 Å². The van der Waals surface area contributed by atoms with Crippen LogP contribution in [0.1, 0.15) is 35.3 Å². The number of hydrogen-bond acceptors (Lipinski definition) is 3. The molecule has 4 heteroatoms. The van der Waals surface area contributed by atoms with E-state index in [-0.39, 0.29) is 5.91 Å². The third-order valence-electron chi connectivity index (χ3n) is 5.47. The zero-order valence-corrected chi connectivity index (χ0v) is 18.8. The monoisotopic (exact) mass is 424 g/mol. The molecular formula is C28H28N2O2. The Balaban J connectivity index is 1.62. The normalized spacial score (nSPS) is 11.0. The van der Waals surface area contributed by atoms with Gasteiger partial charge in [-0.1, -0.05) is 68.4 Å². The van der Waals surface area contributed by atoms with Crippen LogP contribution in [0.2, 0.25) is 0 Å². The lowest BCUT2D eigenvalue weighted by Crippen LogP contribution is -2.23. The number of aromatic nitrogens is 1. The third-order valence-corrected chi connectivity index (χ3v) is 5.47. The fraction of sp³-hybridized carbons (Fsp3) is 0.214. The van der Waals surface area contributed by atoms with Crippen LogP contribution < -0.4 is 10.1 Å². The Morgan fingerprint density at radius 1 is 0.938 bits per heavy atom. The van der Waals surface area contributed by atoms with Crippen LogP contribution >= 0.6 is 0 Å². The van der Waals surface area contributed by atoms with Gasteiger partial charge in [0, 0.05) is 17.5 Å². The molecule has 4 rings (SSSR count). The van der Waals surface area contributed by atoms with Crippen molar-refractivity contribution in [1.82, 2.24) is 10.3 Å². The number of ether oxygens (including phenoxy) is 1. The van der Waals surface area contributed by atoms with Crippen LogP contribution in [0.4, 0.5) is 0 Å². The molecule has 0 bridgehead atoms. The first-order valence-electron chi connectivity index (χ1n) is 10.9. The van der Waals surface area contributed by atoms with Crippen LogP contribution in [-0.2, 0) is 13.0 Å². The van der Waals surface area contributed by atoms with Crippen molar-refractivity contribution in [2.75, 3.05) is 7.11 Å². The van der Waals surface area contributed by atoms with Crippen LogP contribution in [0.3, 0.4) is 0 Å². The summed E-state index contributed by atoms with van der Waals surface area (Å²) in [5, 5.41) is 3.89. The molecule has 0 radical (unpaired) electrons. The van der Waals surface area contributed by atoms with E-state index in [2.05, 4.69) is 43.4 Å². The van der Waals surface area contributed by atoms with Crippen molar-refractivity contribution in [3.63, 3.8) is 0 Å². The van der Waals surface area contributed by atoms with Gasteiger partial charge in [-0.05, 0) is 47.7 Å². The highest BCUT2D eigenvalue weighted by Gasteiger charge is 2.14. The van der Waals surface area contributed by atoms with Crippen molar-refractivity contribution in [1.29, 1.82) is 0 Å². The lowest BCUT2D eigenvalue weighted by atomic mass is 9.99. The Labute approximate surface area is 189 Å². The Hall–Kier alpha value is -3.66. The summed E-state index contributed by atoms with van der Waals surface area (Å²) in [7, 11) is 1.64. The van der Waals surface area contributed by atoms with E-state index in [1.807, 2.05) is 54.6 Å². The minimum Gasteiger partial charge on any atom is -0.497 e. The van der Waals surface area contributed by atoms with Gasteiger partial charge in [0.05, 0.1) is 23.9 Å². The fourth-order valence-electron chi connectivity index (χ4n) is 3.82. The zero-order chi connectivity index (χ0) is 22.5. The molecule has 0 saturated heterocycles. The highest BCUT2D eigenvalue weighted by molar-refractivity contribution is 6.07. The van der Waals surface area contributed by atoms with Gasteiger partial charge >= 0.3 is 0 Å². The molecule has 0 unspecified atom stereocenters. The van der Waals surface area contributed by atoms with Crippen molar-refractivity contribution >= 4 is 16.8 Å². The summed E-state index contributed by atoms with van der Waals surface area (Å²) in [6.07, 6.45) is 1.05. The molecule has 1 amide bonds. The summed E-state index contributed by atoms with van der Waals surface area (Å²) >= 11 is 0. The summed E-state index contributed by atoms with van der Waals surface area (Å²) < 4.78 is 5.20. The maximum Gasteiger partial charge on any atom is 0.252 e. The van der Waals surface area contributed by atoms with Gasteiger partial charge in [0.1, 0.15) is 5.75 Å². The molecule has 1 aromatic heterocycles. The van der Waals surface area contributed by atoms with Crippen LogP contribution in [0.15, 0.2) is 78.9 Å². The number of nitrogens with zero attached hydrogens (tertiary/aromatic N) is 1. The topological polar surface area (TPSA) is 51.2 Å². The molecule has 32 heavy (non-hydrogen) atoms. The number of pyridine rings is 1. The second kappa shape index (κ2) is 9.65. The molecule has 1 N–H and O–H groups in total. The summed E-state index contributed by atoms with van der Waals surface area (Å²) in [6, 6.07) is 25.8. The highest BCUT2D eigenvalue weighted by Crippen LogP contribution is 2.26. The average Bonchev–Trinajstić information content (AvgIpc) is 2.82. The lowest BCUT2D eigenvalue weighted by Gasteiger charge is -2.12. The number of amides is 1. The van der Waals surface area contributed by atoms with Gasteiger partial charge in [-0.3, -0.25) is 4.79 Å². The fourth-order valence-corrected chi connectivity index (χ4v) is 3.82. The Morgan fingerprint density at radius 3 is 2.31 bits per heavy atom. The number of fused-ring (bicyclic) bond motifs is 1. The number of hydrogen-bond donors (Lipinski definition) is 1. The first kappa shape index (κ1) is 21.6. The average molecular weight is 425 g/mol. The standard InChI is InChI=1S/C28H28N2O2/c1-19(2)16-20-8-12-22(13-9-20)27-17-25(24-6-4-5-7-26(24)30-27)28(31)29-18-21-10-14-23(32-3)15-11-21/h4-15,17,19H,16,18H2,1-3H3,(H,29,31). The van der Waals surface area contributed by atoms with Crippen LogP contribution in [0.25, 0.3) is 22.2 Å². The Morgan fingerprint density at radius 2 is 1.62 bits per heavy atom. The van der Waals surface area contributed by atoms with Gasteiger partial charge < -0.3 is 10.1 Å². The van der Waals surface area contributed by atoms with Crippen molar-refractivity contribution in [3.05, 3.63) is 95.6 Å². The highest BCUT2D eigenvalue weighted by atomic mass is 16.5. The summed E-state index contributed by atoms with van der Waals surface area (Å²) in [5.74, 6) is 1.29. The van der Waals surface area contributed by atoms with E-state index in [1.54, 1.807) is 7.11 Å². The minimum atomic E-state index is -0.114. The van der Waals surface area contributed by atoms with E-state index in [1.165, 1.54) is 5.56 Å². The Kier molecular flexibility index (Phi) is 6.50. The molecule has 3 aromatic carbocycles. The van der Waals surface area contributed by atoms with Gasteiger partial charge in [-0.15, -0.1) is 0 Å². The van der Waals surface area contributed by atoms with E-state index in [4.69, 9.17) is 9.72 Å². The van der Waals surface area contributed by atoms with E-state index in [9.17, 15) is 4.79 Å². The second-order valence-corrected chi connectivity index (χ2v) is 8.40. The predicted octanol–water partition coefficient (Wildman–Crippen LogP) is 6.04. The summed E-state index contributed by atoms with van der Waals surface area (Å²) in [4.78, 5) is 18.0. The zero-order valence-electron chi connectivity index (χ0n) is 18.8. The number of nitrogens with one attached hydrogen (secondary N) is 1. The van der Waals surface area contributed by atoms with Crippen LogP contribution in [0.5, 0.6) is 5.75 Å². The van der Waals surface area contributed by atoms with Gasteiger partial charge in [-0.2, -0.15) is 0 Å². The number of rotatable bonds is 7.